The summed E-state index contributed by atoms with van der Waals surface area (Å²) >= 11 is 0. The maximum atomic E-state index is 13.3. The molecular weight excluding hydrogens is 408 g/mol. The number of benzene rings is 2. The molecule has 0 saturated carbocycles. The summed E-state index contributed by atoms with van der Waals surface area (Å²) in [6, 6.07) is 11.7. The number of fused-ring (bicyclic) bond motifs is 3. The Kier molecular flexibility index (Phi) is 4.73. The Morgan fingerprint density at radius 3 is 2.68 bits per heavy atom. The van der Waals surface area contributed by atoms with E-state index in [4.69, 9.17) is 14.9 Å². The lowest BCUT2D eigenvalue weighted by molar-refractivity contribution is 0.0646. The molecule has 1 fully saturated rings. The lowest BCUT2D eigenvalue weighted by Crippen LogP contribution is -2.46. The van der Waals surface area contributed by atoms with Crippen LogP contribution in [0.15, 0.2) is 47.1 Å². The molecule has 0 atom stereocenters. The van der Waals surface area contributed by atoms with Crippen LogP contribution in [-0.4, -0.2) is 43.6 Å². The van der Waals surface area contributed by atoms with Crippen molar-refractivity contribution in [2.45, 2.75) is 37.9 Å². The van der Waals surface area contributed by atoms with Crippen molar-refractivity contribution < 1.29 is 18.7 Å². The highest BCUT2D eigenvalue weighted by Crippen LogP contribution is 2.46. The van der Waals surface area contributed by atoms with Gasteiger partial charge in [-0.05, 0) is 55.8 Å². The number of hydrogen-bond acceptors (Lipinski definition) is 5. The first-order chi connectivity index (χ1) is 14.8. The molecular formula is C24H28N2O4Si. The molecule has 2 aromatic carbocycles. The fraction of sp³-hybridized carbons (Fsp3) is 0.375. The average Bonchev–Trinajstić information content (AvgIpc) is 3.35. The first kappa shape index (κ1) is 20.3. The highest BCUT2D eigenvalue weighted by Gasteiger charge is 2.44. The maximum absolute atomic E-state index is 13.3. The molecule has 3 heterocycles. The Balaban J connectivity index is 1.37. The van der Waals surface area contributed by atoms with Crippen LogP contribution in [-0.2, 0) is 12.0 Å². The second-order valence-electron chi connectivity index (χ2n) is 9.32. The SMILES string of the molecule is C[Si](C)(O)c1coc2ccc(C(=O)N3CCC4(CC3)COc3ccc(CN)cc34)cc12. The van der Waals surface area contributed by atoms with Gasteiger partial charge in [-0.3, -0.25) is 4.79 Å². The predicted octanol–water partition coefficient (Wildman–Crippen LogP) is 2.86. The largest absolute Gasteiger partial charge is 0.492 e. The summed E-state index contributed by atoms with van der Waals surface area (Å²) < 4.78 is 11.6. The van der Waals surface area contributed by atoms with Gasteiger partial charge < -0.3 is 24.6 Å². The van der Waals surface area contributed by atoms with Gasteiger partial charge in [-0.15, -0.1) is 0 Å². The normalized spacial score (nSPS) is 17.7. The van der Waals surface area contributed by atoms with E-state index in [0.29, 0.717) is 37.4 Å². The van der Waals surface area contributed by atoms with Gasteiger partial charge in [0.05, 0.1) is 12.9 Å². The number of nitrogens with zero attached hydrogens (tertiary/aromatic N) is 1. The topological polar surface area (TPSA) is 88.9 Å². The number of furan rings is 1. The monoisotopic (exact) mass is 436 g/mol. The maximum Gasteiger partial charge on any atom is 0.253 e. The van der Waals surface area contributed by atoms with Crippen molar-refractivity contribution in [1.82, 2.24) is 4.90 Å². The molecule has 0 radical (unpaired) electrons. The third kappa shape index (κ3) is 3.37. The minimum atomic E-state index is -2.55. The number of rotatable bonds is 3. The Bertz CT molecular complexity index is 1160. The Morgan fingerprint density at radius 2 is 1.97 bits per heavy atom. The van der Waals surface area contributed by atoms with E-state index in [0.717, 1.165) is 34.7 Å². The third-order valence-electron chi connectivity index (χ3n) is 6.84. The van der Waals surface area contributed by atoms with Gasteiger partial charge in [0.1, 0.15) is 11.3 Å². The molecule has 6 nitrogen and oxygen atoms in total. The summed E-state index contributed by atoms with van der Waals surface area (Å²) in [6.45, 7) is 6.26. The van der Waals surface area contributed by atoms with Crippen molar-refractivity contribution in [3.63, 3.8) is 0 Å². The van der Waals surface area contributed by atoms with Gasteiger partial charge in [-0.1, -0.05) is 12.1 Å². The van der Waals surface area contributed by atoms with Crippen molar-refractivity contribution in [2.75, 3.05) is 19.7 Å². The lowest BCUT2D eigenvalue weighted by Gasteiger charge is -2.38. The number of hydrogen-bond donors (Lipinski definition) is 2. The van der Waals surface area contributed by atoms with Crippen LogP contribution in [0.3, 0.4) is 0 Å². The molecule has 1 spiro atoms. The molecule has 7 heteroatoms. The molecule has 162 valence electrons. The van der Waals surface area contributed by atoms with Crippen LogP contribution >= 0.6 is 0 Å². The van der Waals surface area contributed by atoms with Gasteiger partial charge in [0.15, 0.2) is 0 Å². The summed E-state index contributed by atoms with van der Waals surface area (Å²) in [5, 5.41) is 1.66. The van der Waals surface area contributed by atoms with Crippen molar-refractivity contribution in [3.05, 3.63) is 59.4 Å². The number of ether oxygens (including phenoxy) is 1. The molecule has 1 saturated heterocycles. The minimum absolute atomic E-state index is 0.0242. The average molecular weight is 437 g/mol. The zero-order valence-corrected chi connectivity index (χ0v) is 19.0. The van der Waals surface area contributed by atoms with E-state index in [1.807, 2.05) is 48.3 Å². The fourth-order valence-corrected chi connectivity index (χ4v) is 6.11. The number of carbonyl (C=O) groups excluding carboxylic acids is 1. The van der Waals surface area contributed by atoms with E-state index >= 15 is 0 Å². The van der Waals surface area contributed by atoms with Gasteiger partial charge in [0, 0.05) is 46.7 Å². The highest BCUT2D eigenvalue weighted by atomic mass is 28.4. The van der Waals surface area contributed by atoms with Gasteiger partial charge in [-0.25, -0.2) is 0 Å². The molecule has 5 rings (SSSR count). The van der Waals surface area contributed by atoms with E-state index in [2.05, 4.69) is 6.07 Å². The number of likely N-dealkylation sites (tertiary alicyclic amines) is 1. The number of piperidine rings is 1. The molecule has 0 bridgehead atoms. The van der Waals surface area contributed by atoms with Crippen molar-refractivity contribution in [1.29, 1.82) is 0 Å². The Hall–Kier alpha value is -2.61. The van der Waals surface area contributed by atoms with Crippen LogP contribution < -0.4 is 15.7 Å². The summed E-state index contributed by atoms with van der Waals surface area (Å²) in [6.07, 6.45) is 3.37. The van der Waals surface area contributed by atoms with E-state index in [1.54, 1.807) is 6.26 Å². The number of nitrogens with two attached hydrogens (primary N) is 1. The second-order valence-corrected chi connectivity index (χ2v) is 13.0. The van der Waals surface area contributed by atoms with Crippen LogP contribution in [0, 0.1) is 0 Å². The van der Waals surface area contributed by atoms with Gasteiger partial charge in [-0.2, -0.15) is 0 Å². The quantitative estimate of drug-likeness (QED) is 0.617. The molecule has 2 aliphatic heterocycles. The fourth-order valence-electron chi connectivity index (χ4n) is 4.91. The first-order valence-electron chi connectivity index (χ1n) is 10.8. The molecule has 0 aliphatic carbocycles. The second kappa shape index (κ2) is 7.22. The summed E-state index contributed by atoms with van der Waals surface area (Å²) in [5.41, 5.74) is 9.50. The van der Waals surface area contributed by atoms with Gasteiger partial charge in [0.25, 0.3) is 5.91 Å². The standard InChI is InChI=1S/C24H28N2O4Si/c1-31(2,28)22-14-29-20-6-4-17(12-18(20)22)23(27)26-9-7-24(8-10-26)15-30-21-5-3-16(13-25)11-19(21)24/h3-6,11-12,14,28H,7-10,13,15,25H2,1-2H3. The number of amides is 1. The minimum Gasteiger partial charge on any atom is -0.492 e. The highest BCUT2D eigenvalue weighted by molar-refractivity contribution is 6.85. The third-order valence-corrected chi connectivity index (χ3v) is 8.55. The lowest BCUT2D eigenvalue weighted by atomic mass is 9.74. The Morgan fingerprint density at radius 1 is 1.19 bits per heavy atom. The van der Waals surface area contributed by atoms with Crippen LogP contribution in [0.25, 0.3) is 11.0 Å². The molecule has 31 heavy (non-hydrogen) atoms. The molecule has 3 aromatic rings. The van der Waals surface area contributed by atoms with Gasteiger partial charge in [0.2, 0.25) is 8.32 Å². The van der Waals surface area contributed by atoms with Crippen molar-refractivity contribution >= 4 is 30.4 Å². The van der Waals surface area contributed by atoms with E-state index in [9.17, 15) is 9.59 Å². The summed E-state index contributed by atoms with van der Waals surface area (Å²) in [4.78, 5) is 25.8. The molecule has 2 aliphatic rings. The van der Waals surface area contributed by atoms with Crippen LogP contribution in [0.5, 0.6) is 5.75 Å². The molecule has 1 amide bonds. The van der Waals surface area contributed by atoms with E-state index in [1.165, 1.54) is 5.56 Å². The predicted molar refractivity (Wildman–Crippen MR) is 122 cm³/mol. The van der Waals surface area contributed by atoms with Crippen LogP contribution in [0.1, 0.15) is 34.3 Å². The smallest absolute Gasteiger partial charge is 0.253 e. The molecule has 3 N–H and O–H groups in total. The summed E-state index contributed by atoms with van der Waals surface area (Å²) in [5.74, 6) is 0.974. The number of carbonyl (C=O) groups is 1. The van der Waals surface area contributed by atoms with Crippen molar-refractivity contribution in [2.24, 2.45) is 5.73 Å². The van der Waals surface area contributed by atoms with E-state index < -0.39 is 8.32 Å². The zero-order chi connectivity index (χ0) is 21.8. The van der Waals surface area contributed by atoms with Crippen LogP contribution in [0.4, 0.5) is 0 Å². The van der Waals surface area contributed by atoms with E-state index in [-0.39, 0.29) is 11.3 Å². The molecule has 1 aromatic heterocycles. The van der Waals surface area contributed by atoms with Gasteiger partial charge >= 0.3 is 0 Å². The first-order valence-corrected chi connectivity index (χ1v) is 13.8. The Labute approximate surface area is 182 Å². The zero-order valence-electron chi connectivity index (χ0n) is 18.0. The molecule has 0 unspecified atom stereocenters. The van der Waals surface area contributed by atoms with Crippen LogP contribution in [0.2, 0.25) is 13.1 Å². The summed E-state index contributed by atoms with van der Waals surface area (Å²) in [7, 11) is -2.55. The van der Waals surface area contributed by atoms with Crippen molar-refractivity contribution in [3.8, 4) is 5.75 Å².